The van der Waals surface area contributed by atoms with Crippen molar-refractivity contribution in [3.63, 3.8) is 0 Å². The molecule has 0 bridgehead atoms. The smallest absolute Gasteiger partial charge is 0.407 e. The fourth-order valence-corrected chi connectivity index (χ4v) is 5.76. The van der Waals surface area contributed by atoms with Crippen LogP contribution in [0.25, 0.3) is 0 Å². The maximum atomic E-state index is 13.3. The molecule has 0 aromatic heterocycles. The second kappa shape index (κ2) is 15.0. The Labute approximate surface area is 268 Å². The highest BCUT2D eigenvalue weighted by Crippen LogP contribution is 2.32. The largest absolute Gasteiger partial charge is 0.465 e. The molecule has 2 aliphatic rings. The first-order chi connectivity index (χ1) is 21.9. The SMILES string of the molecule is CC(C)(C)N(CCCCCCCCNC(=O)c1ccc(CNc2cccc3c2C(=O)N(C2CCC(=O)NC2=O)C3=O)cc1)C(=O)O. The Morgan fingerprint density at radius 1 is 0.935 bits per heavy atom. The number of hydrogen-bond donors (Lipinski definition) is 4. The molecule has 4 N–H and O–H groups in total. The van der Waals surface area contributed by atoms with Crippen LogP contribution in [0.2, 0.25) is 0 Å². The second-order valence-corrected chi connectivity index (χ2v) is 12.7. The molecule has 12 nitrogen and oxygen atoms in total. The van der Waals surface area contributed by atoms with Gasteiger partial charge in [0.25, 0.3) is 17.7 Å². The van der Waals surface area contributed by atoms with Gasteiger partial charge in [-0.1, -0.05) is 43.9 Å². The predicted molar refractivity (Wildman–Crippen MR) is 171 cm³/mol. The van der Waals surface area contributed by atoms with Crippen molar-refractivity contribution in [3.8, 4) is 0 Å². The number of benzene rings is 2. The van der Waals surface area contributed by atoms with Gasteiger partial charge < -0.3 is 20.6 Å². The fraction of sp³-hybridized carbons (Fsp3) is 0.471. The highest BCUT2D eigenvalue weighted by atomic mass is 16.4. The van der Waals surface area contributed by atoms with Gasteiger partial charge in [0.15, 0.2) is 0 Å². The lowest BCUT2D eigenvalue weighted by atomic mass is 10.0. The van der Waals surface area contributed by atoms with Crippen LogP contribution < -0.4 is 16.0 Å². The van der Waals surface area contributed by atoms with E-state index in [2.05, 4.69) is 16.0 Å². The summed E-state index contributed by atoms with van der Waals surface area (Å²) in [5.41, 5.74) is 1.85. The van der Waals surface area contributed by atoms with Crippen molar-refractivity contribution >= 4 is 41.3 Å². The Bertz CT molecular complexity index is 1480. The molecule has 246 valence electrons. The number of unbranched alkanes of at least 4 members (excludes halogenated alkanes) is 5. The molecule has 0 spiro atoms. The molecule has 12 heteroatoms. The third kappa shape index (κ3) is 8.29. The highest BCUT2D eigenvalue weighted by Gasteiger charge is 2.45. The summed E-state index contributed by atoms with van der Waals surface area (Å²) >= 11 is 0. The lowest BCUT2D eigenvalue weighted by molar-refractivity contribution is -0.136. The number of carbonyl (C=O) groups excluding carboxylic acids is 5. The zero-order chi connectivity index (χ0) is 33.4. The number of rotatable bonds is 14. The van der Waals surface area contributed by atoms with E-state index in [1.165, 1.54) is 4.90 Å². The van der Waals surface area contributed by atoms with Crippen molar-refractivity contribution in [1.29, 1.82) is 0 Å². The first-order valence-corrected chi connectivity index (χ1v) is 15.8. The predicted octanol–water partition coefficient (Wildman–Crippen LogP) is 4.55. The van der Waals surface area contributed by atoms with E-state index in [1.807, 2.05) is 32.9 Å². The van der Waals surface area contributed by atoms with E-state index >= 15 is 0 Å². The van der Waals surface area contributed by atoms with E-state index in [-0.39, 0.29) is 29.9 Å². The molecule has 4 rings (SSSR count). The number of carboxylic acid groups (broad SMARTS) is 1. The first kappa shape index (κ1) is 34.1. The van der Waals surface area contributed by atoms with Crippen LogP contribution in [0.5, 0.6) is 0 Å². The average Bonchev–Trinajstić information content (AvgIpc) is 3.26. The summed E-state index contributed by atoms with van der Waals surface area (Å²) in [4.78, 5) is 76.7. The van der Waals surface area contributed by atoms with Gasteiger partial charge >= 0.3 is 6.09 Å². The van der Waals surface area contributed by atoms with Crippen molar-refractivity contribution in [1.82, 2.24) is 20.4 Å². The summed E-state index contributed by atoms with van der Waals surface area (Å²) in [7, 11) is 0. The monoisotopic (exact) mass is 633 g/mol. The summed E-state index contributed by atoms with van der Waals surface area (Å²) in [6, 6.07) is 11.0. The Morgan fingerprint density at radius 3 is 2.26 bits per heavy atom. The maximum Gasteiger partial charge on any atom is 0.407 e. The molecule has 2 aliphatic heterocycles. The molecule has 2 aromatic rings. The Balaban J connectivity index is 1.18. The molecule has 0 saturated carbocycles. The Hall–Kier alpha value is -4.74. The summed E-state index contributed by atoms with van der Waals surface area (Å²) in [6.45, 7) is 7.13. The minimum Gasteiger partial charge on any atom is -0.465 e. The number of fused-ring (bicyclic) bond motifs is 1. The summed E-state index contributed by atoms with van der Waals surface area (Å²) in [5.74, 6) is -2.37. The van der Waals surface area contributed by atoms with E-state index in [1.54, 1.807) is 30.3 Å². The zero-order valence-electron chi connectivity index (χ0n) is 26.7. The standard InChI is InChI=1S/C34H43N5O7/c1-34(2,3)38(33(45)46)20-9-7-5-4-6-8-19-35-29(41)23-15-13-22(14-16-23)21-36-25-12-10-11-24-28(25)32(44)39(31(24)43)26-17-18-27(40)37-30(26)42/h10-16,26,36H,4-9,17-21H2,1-3H3,(H,35,41)(H,45,46)(H,37,40,42). The van der Waals surface area contributed by atoms with Gasteiger partial charge in [-0.05, 0) is 69.9 Å². The van der Waals surface area contributed by atoms with Gasteiger partial charge in [-0.15, -0.1) is 0 Å². The van der Waals surface area contributed by atoms with Gasteiger partial charge in [0.1, 0.15) is 6.04 Å². The molecule has 1 fully saturated rings. The number of hydrogen-bond acceptors (Lipinski definition) is 7. The van der Waals surface area contributed by atoms with Crippen molar-refractivity contribution < 1.29 is 33.9 Å². The van der Waals surface area contributed by atoms with E-state index in [0.29, 0.717) is 30.9 Å². The minimum absolute atomic E-state index is 0.0546. The van der Waals surface area contributed by atoms with Crippen molar-refractivity contribution in [2.24, 2.45) is 0 Å². The van der Waals surface area contributed by atoms with E-state index in [4.69, 9.17) is 0 Å². The fourth-order valence-electron chi connectivity index (χ4n) is 5.76. The van der Waals surface area contributed by atoms with Crippen LogP contribution in [-0.4, -0.2) is 75.2 Å². The van der Waals surface area contributed by atoms with Crippen LogP contribution in [0.15, 0.2) is 42.5 Å². The number of amides is 6. The van der Waals surface area contributed by atoms with Crippen LogP contribution in [0.1, 0.15) is 109 Å². The maximum absolute atomic E-state index is 13.3. The van der Waals surface area contributed by atoms with E-state index < -0.39 is 41.3 Å². The third-order valence-electron chi connectivity index (χ3n) is 8.30. The van der Waals surface area contributed by atoms with Crippen LogP contribution in [-0.2, 0) is 16.1 Å². The van der Waals surface area contributed by atoms with Crippen LogP contribution >= 0.6 is 0 Å². The summed E-state index contributed by atoms with van der Waals surface area (Å²) in [5, 5.41) is 17.7. The third-order valence-corrected chi connectivity index (χ3v) is 8.30. The van der Waals surface area contributed by atoms with Crippen molar-refractivity contribution in [2.45, 2.75) is 90.3 Å². The van der Waals surface area contributed by atoms with Crippen LogP contribution in [0.3, 0.4) is 0 Å². The molecule has 0 aliphatic carbocycles. The number of piperidine rings is 1. The lowest BCUT2D eigenvalue weighted by Gasteiger charge is -2.33. The average molecular weight is 634 g/mol. The molecule has 0 radical (unpaired) electrons. The number of anilines is 1. The van der Waals surface area contributed by atoms with Gasteiger partial charge in [-0.2, -0.15) is 0 Å². The van der Waals surface area contributed by atoms with Gasteiger partial charge in [0, 0.05) is 42.8 Å². The number of carbonyl (C=O) groups is 6. The summed E-state index contributed by atoms with van der Waals surface area (Å²) in [6.07, 6.45) is 4.95. The first-order valence-electron chi connectivity index (χ1n) is 15.8. The molecule has 1 atom stereocenters. The van der Waals surface area contributed by atoms with Crippen LogP contribution in [0, 0.1) is 0 Å². The molecule has 46 heavy (non-hydrogen) atoms. The molecular weight excluding hydrogens is 590 g/mol. The van der Waals surface area contributed by atoms with E-state index in [0.717, 1.165) is 49.0 Å². The van der Waals surface area contributed by atoms with Gasteiger partial charge in [-0.3, -0.25) is 34.2 Å². The minimum atomic E-state index is -1.03. The van der Waals surface area contributed by atoms with Crippen molar-refractivity contribution in [2.75, 3.05) is 18.4 Å². The molecule has 2 aromatic carbocycles. The molecular formula is C34H43N5O7. The molecule has 1 saturated heterocycles. The Morgan fingerprint density at radius 2 is 1.61 bits per heavy atom. The Kier molecular flexibility index (Phi) is 11.2. The van der Waals surface area contributed by atoms with Gasteiger partial charge in [-0.25, -0.2) is 4.79 Å². The zero-order valence-corrected chi connectivity index (χ0v) is 26.7. The van der Waals surface area contributed by atoms with Gasteiger partial charge in [0.05, 0.1) is 11.1 Å². The van der Waals surface area contributed by atoms with Gasteiger partial charge in [0.2, 0.25) is 11.8 Å². The summed E-state index contributed by atoms with van der Waals surface area (Å²) < 4.78 is 0. The highest BCUT2D eigenvalue weighted by molar-refractivity contribution is 6.25. The number of nitrogens with one attached hydrogen (secondary N) is 3. The van der Waals surface area contributed by atoms with Crippen LogP contribution in [0.4, 0.5) is 10.5 Å². The second-order valence-electron chi connectivity index (χ2n) is 12.7. The number of imide groups is 2. The normalized spacial score (nSPS) is 16.2. The topological polar surface area (TPSA) is 165 Å². The lowest BCUT2D eigenvalue weighted by Crippen LogP contribution is -2.54. The van der Waals surface area contributed by atoms with Crippen molar-refractivity contribution in [3.05, 3.63) is 64.7 Å². The molecule has 1 unspecified atom stereocenters. The molecule has 6 amide bonds. The number of nitrogens with zero attached hydrogens (tertiary/aromatic N) is 2. The quantitative estimate of drug-likeness (QED) is 0.174. The van der Waals surface area contributed by atoms with E-state index in [9.17, 15) is 33.9 Å². The molecule has 2 heterocycles.